The molecule has 2 aromatic heterocycles. The van der Waals surface area contributed by atoms with Crippen LogP contribution in [0, 0.1) is 0 Å². The number of nitrogens with one attached hydrogen (secondary N) is 1. The number of aryl methyl sites for hydroxylation is 2. The molecule has 2 aromatic rings. The molecule has 1 N–H and O–H groups in total. The van der Waals surface area contributed by atoms with E-state index in [2.05, 4.69) is 46.7 Å². The maximum absolute atomic E-state index is 4.51. The van der Waals surface area contributed by atoms with Gasteiger partial charge in [-0.15, -0.1) is 0 Å². The van der Waals surface area contributed by atoms with Gasteiger partial charge in [-0.2, -0.15) is 9.47 Å². The second-order valence-electron chi connectivity index (χ2n) is 5.73. The molecule has 0 saturated carbocycles. The normalized spacial score (nSPS) is 11.8. The van der Waals surface area contributed by atoms with Gasteiger partial charge in [-0.3, -0.25) is 4.68 Å². The Morgan fingerprint density at radius 1 is 1.37 bits per heavy atom. The first-order valence-electron chi connectivity index (χ1n) is 6.51. The van der Waals surface area contributed by atoms with Crippen molar-refractivity contribution in [2.24, 2.45) is 7.05 Å². The summed E-state index contributed by atoms with van der Waals surface area (Å²) < 4.78 is 6.22. The molecule has 19 heavy (non-hydrogen) atoms. The molecule has 2 rings (SSSR count). The number of aromatic nitrogens is 4. The van der Waals surface area contributed by atoms with Crippen molar-refractivity contribution in [2.75, 3.05) is 11.9 Å². The maximum atomic E-state index is 4.51. The minimum absolute atomic E-state index is 0.0200. The van der Waals surface area contributed by atoms with Gasteiger partial charge in [0.1, 0.15) is 5.82 Å². The zero-order chi connectivity index (χ0) is 13.9. The summed E-state index contributed by atoms with van der Waals surface area (Å²) in [6.07, 6.45) is 6.08. The van der Waals surface area contributed by atoms with Gasteiger partial charge in [-0.1, -0.05) is 20.8 Å². The molecule has 0 aliphatic rings. The molecule has 0 amide bonds. The fourth-order valence-corrected chi connectivity index (χ4v) is 2.47. The van der Waals surface area contributed by atoms with Crippen molar-refractivity contribution in [3.63, 3.8) is 0 Å². The van der Waals surface area contributed by atoms with Crippen LogP contribution in [-0.2, 0) is 18.9 Å². The van der Waals surface area contributed by atoms with Crippen molar-refractivity contribution >= 4 is 16.7 Å². The molecule has 0 aromatic carbocycles. The number of rotatable bonds is 5. The van der Waals surface area contributed by atoms with E-state index >= 15 is 0 Å². The molecule has 0 radical (unpaired) electrons. The highest BCUT2D eigenvalue weighted by Crippen LogP contribution is 2.22. The zero-order valence-corrected chi connectivity index (χ0v) is 12.8. The van der Waals surface area contributed by atoms with Crippen molar-refractivity contribution in [3.8, 4) is 0 Å². The third kappa shape index (κ3) is 4.02. The van der Waals surface area contributed by atoms with Gasteiger partial charge in [0, 0.05) is 36.7 Å². The van der Waals surface area contributed by atoms with Crippen LogP contribution < -0.4 is 5.32 Å². The Hall–Kier alpha value is -1.43. The van der Waals surface area contributed by atoms with Gasteiger partial charge in [0.15, 0.2) is 0 Å². The van der Waals surface area contributed by atoms with E-state index in [1.54, 1.807) is 0 Å². The molecule has 0 fully saturated rings. The van der Waals surface area contributed by atoms with E-state index in [0.717, 1.165) is 30.3 Å². The lowest BCUT2D eigenvalue weighted by Crippen LogP contribution is -2.13. The molecule has 104 valence electrons. The first kappa shape index (κ1) is 14.0. The molecular weight excluding hydrogens is 258 g/mol. The Morgan fingerprint density at radius 2 is 2.16 bits per heavy atom. The number of hydrogen-bond donors (Lipinski definition) is 1. The van der Waals surface area contributed by atoms with Crippen LogP contribution in [0.15, 0.2) is 12.4 Å². The van der Waals surface area contributed by atoms with Crippen LogP contribution in [0.1, 0.15) is 38.6 Å². The van der Waals surface area contributed by atoms with Gasteiger partial charge < -0.3 is 5.32 Å². The molecule has 6 heteroatoms. The topological polar surface area (TPSA) is 55.6 Å². The molecule has 0 aliphatic heterocycles. The van der Waals surface area contributed by atoms with Gasteiger partial charge in [0.2, 0.25) is 5.13 Å². The molecule has 5 nitrogen and oxygen atoms in total. The number of anilines is 1. The van der Waals surface area contributed by atoms with Gasteiger partial charge in [0.25, 0.3) is 0 Å². The third-order valence-corrected chi connectivity index (χ3v) is 3.45. The summed E-state index contributed by atoms with van der Waals surface area (Å²) in [6.45, 7) is 7.29. The minimum atomic E-state index is 0.0200. The van der Waals surface area contributed by atoms with E-state index in [0.29, 0.717) is 0 Å². The first-order valence-corrected chi connectivity index (χ1v) is 7.28. The van der Waals surface area contributed by atoms with Crippen LogP contribution >= 0.6 is 11.5 Å². The van der Waals surface area contributed by atoms with Gasteiger partial charge in [-0.05, 0) is 18.4 Å². The van der Waals surface area contributed by atoms with Gasteiger partial charge >= 0.3 is 0 Å². The van der Waals surface area contributed by atoms with E-state index in [-0.39, 0.29) is 5.41 Å². The lowest BCUT2D eigenvalue weighted by molar-refractivity contribution is 0.555. The van der Waals surface area contributed by atoms with Crippen molar-refractivity contribution in [1.29, 1.82) is 0 Å². The quantitative estimate of drug-likeness (QED) is 0.855. The Kier molecular flexibility index (Phi) is 4.19. The molecule has 2 heterocycles. The first-order chi connectivity index (χ1) is 8.95. The SMILES string of the molecule is Cn1cc(CCCNc2nc(C(C)(C)C)ns2)cn1. The van der Waals surface area contributed by atoms with Crippen LogP contribution in [0.3, 0.4) is 0 Å². The Balaban J connectivity index is 1.75. The van der Waals surface area contributed by atoms with Crippen LogP contribution in [0.25, 0.3) is 0 Å². The smallest absolute Gasteiger partial charge is 0.202 e. The van der Waals surface area contributed by atoms with E-state index in [1.807, 2.05) is 17.9 Å². The lowest BCUT2D eigenvalue weighted by atomic mass is 9.96. The van der Waals surface area contributed by atoms with Crippen molar-refractivity contribution < 1.29 is 0 Å². The average Bonchev–Trinajstić information content (AvgIpc) is 2.93. The minimum Gasteiger partial charge on any atom is -0.360 e. The summed E-state index contributed by atoms with van der Waals surface area (Å²) in [5, 5.41) is 8.40. The summed E-state index contributed by atoms with van der Waals surface area (Å²) in [5.41, 5.74) is 1.29. The van der Waals surface area contributed by atoms with E-state index in [9.17, 15) is 0 Å². The Labute approximate surface area is 118 Å². The molecule has 0 unspecified atom stereocenters. The van der Waals surface area contributed by atoms with E-state index < -0.39 is 0 Å². The highest BCUT2D eigenvalue weighted by atomic mass is 32.1. The van der Waals surface area contributed by atoms with Crippen LogP contribution in [0.2, 0.25) is 0 Å². The van der Waals surface area contributed by atoms with Gasteiger partial charge in [-0.25, -0.2) is 4.98 Å². The molecular formula is C13H21N5S. The largest absolute Gasteiger partial charge is 0.360 e. The monoisotopic (exact) mass is 279 g/mol. The van der Waals surface area contributed by atoms with Crippen molar-refractivity contribution in [2.45, 2.75) is 39.0 Å². The average molecular weight is 279 g/mol. The standard InChI is InChI=1S/C13H21N5S/c1-13(2,3)11-16-12(19-17-11)14-7-5-6-10-8-15-18(4)9-10/h8-9H,5-7H2,1-4H3,(H,14,16,17). The summed E-state index contributed by atoms with van der Waals surface area (Å²) in [6, 6.07) is 0. The molecule has 0 aliphatic carbocycles. The van der Waals surface area contributed by atoms with E-state index in [1.165, 1.54) is 17.1 Å². The second-order valence-corrected chi connectivity index (χ2v) is 6.48. The zero-order valence-electron chi connectivity index (χ0n) is 12.0. The summed E-state index contributed by atoms with van der Waals surface area (Å²) in [7, 11) is 1.94. The highest BCUT2D eigenvalue weighted by molar-refractivity contribution is 7.09. The lowest BCUT2D eigenvalue weighted by Gasteiger charge is -2.12. The fourth-order valence-electron chi connectivity index (χ4n) is 1.69. The predicted octanol–water partition coefficient (Wildman–Crippen LogP) is 2.61. The Bertz CT molecular complexity index is 523. The summed E-state index contributed by atoms with van der Waals surface area (Å²) >= 11 is 1.44. The van der Waals surface area contributed by atoms with Crippen LogP contribution in [0.4, 0.5) is 5.13 Å². The fraction of sp³-hybridized carbons (Fsp3) is 0.615. The summed E-state index contributed by atoms with van der Waals surface area (Å²) in [4.78, 5) is 4.51. The molecule has 0 saturated heterocycles. The van der Waals surface area contributed by atoms with Crippen LogP contribution in [0.5, 0.6) is 0 Å². The number of hydrogen-bond acceptors (Lipinski definition) is 5. The summed E-state index contributed by atoms with van der Waals surface area (Å²) in [5.74, 6) is 0.909. The predicted molar refractivity (Wildman–Crippen MR) is 78.6 cm³/mol. The Morgan fingerprint density at radius 3 is 2.74 bits per heavy atom. The van der Waals surface area contributed by atoms with Crippen molar-refractivity contribution in [3.05, 3.63) is 23.8 Å². The maximum Gasteiger partial charge on any atom is 0.202 e. The molecule has 0 atom stereocenters. The molecule has 0 bridgehead atoms. The third-order valence-electron chi connectivity index (χ3n) is 2.77. The van der Waals surface area contributed by atoms with Crippen molar-refractivity contribution in [1.82, 2.24) is 19.1 Å². The van der Waals surface area contributed by atoms with Gasteiger partial charge in [0.05, 0.1) is 6.20 Å². The number of nitrogens with zero attached hydrogens (tertiary/aromatic N) is 4. The van der Waals surface area contributed by atoms with Crippen LogP contribution in [-0.4, -0.2) is 25.7 Å². The second kappa shape index (κ2) is 5.69. The van der Waals surface area contributed by atoms with E-state index in [4.69, 9.17) is 0 Å². The highest BCUT2D eigenvalue weighted by Gasteiger charge is 2.19. The molecule has 0 spiro atoms.